The van der Waals surface area contributed by atoms with Gasteiger partial charge in [0.1, 0.15) is 0 Å². The van der Waals surface area contributed by atoms with E-state index in [2.05, 4.69) is 23.3 Å². The molecule has 0 fully saturated rings. The van der Waals surface area contributed by atoms with Crippen molar-refractivity contribution in [3.05, 3.63) is 41.6 Å². The number of halogens is 1. The minimum Gasteiger partial charge on any atom is -0.351 e. The van der Waals surface area contributed by atoms with Gasteiger partial charge < -0.3 is 4.57 Å². The number of allylic oxidation sites excluding steroid dienone is 1. The van der Waals surface area contributed by atoms with Crippen molar-refractivity contribution in [2.24, 2.45) is 7.05 Å². The second-order valence-electron chi connectivity index (χ2n) is 3.60. The monoisotopic (exact) mass is 205 g/mol. The zero-order valence-electron chi connectivity index (χ0n) is 8.34. The van der Waals surface area contributed by atoms with Crippen molar-refractivity contribution in [2.75, 3.05) is 0 Å². The molecule has 1 nitrogen and oxygen atoms in total. The molecule has 0 unspecified atom stereocenters. The molecule has 0 saturated carbocycles. The van der Waals surface area contributed by atoms with E-state index in [1.165, 1.54) is 5.39 Å². The van der Waals surface area contributed by atoms with Crippen molar-refractivity contribution in [3.63, 3.8) is 0 Å². The van der Waals surface area contributed by atoms with Crippen LogP contribution in [0.25, 0.3) is 16.5 Å². The van der Waals surface area contributed by atoms with Gasteiger partial charge in [-0.1, -0.05) is 18.2 Å². The van der Waals surface area contributed by atoms with Crippen LogP contribution in [0.15, 0.2) is 31.0 Å². The molecule has 0 amide bonds. The third-order valence-electron chi connectivity index (χ3n) is 2.43. The molecule has 1 heterocycles. The molecule has 0 aliphatic carbocycles. The topological polar surface area (TPSA) is 4.93 Å². The lowest BCUT2D eigenvalue weighted by molar-refractivity contribution is 0.969. The molecule has 0 spiro atoms. The van der Waals surface area contributed by atoms with E-state index in [1.807, 2.05) is 26.2 Å². The Morgan fingerprint density at radius 3 is 2.79 bits per heavy atom. The molecule has 2 aromatic rings. The van der Waals surface area contributed by atoms with Crippen molar-refractivity contribution in [2.45, 2.75) is 6.92 Å². The van der Waals surface area contributed by atoms with Crippen LogP contribution >= 0.6 is 11.6 Å². The van der Waals surface area contributed by atoms with Gasteiger partial charge in [0.25, 0.3) is 0 Å². The maximum absolute atomic E-state index is 6.15. The molecule has 0 atom stereocenters. The number of rotatable bonds is 1. The molecule has 72 valence electrons. The molecule has 0 aliphatic heterocycles. The first-order chi connectivity index (χ1) is 6.59. The molecule has 1 aromatic carbocycles. The first-order valence-corrected chi connectivity index (χ1v) is 4.88. The lowest BCUT2D eigenvalue weighted by Crippen LogP contribution is -1.86. The van der Waals surface area contributed by atoms with E-state index in [-0.39, 0.29) is 0 Å². The summed E-state index contributed by atoms with van der Waals surface area (Å²) in [5.74, 6) is 0. The highest BCUT2D eigenvalue weighted by Gasteiger charge is 2.05. The van der Waals surface area contributed by atoms with E-state index >= 15 is 0 Å². The second kappa shape index (κ2) is 3.18. The van der Waals surface area contributed by atoms with Crippen molar-refractivity contribution in [1.82, 2.24) is 4.57 Å². The molecule has 0 N–H and O–H groups in total. The number of nitrogens with zero attached hydrogens (tertiary/aromatic N) is 1. The largest absolute Gasteiger partial charge is 0.351 e. The fourth-order valence-corrected chi connectivity index (χ4v) is 1.94. The predicted octanol–water partition coefficient (Wildman–Crippen LogP) is 3.86. The van der Waals surface area contributed by atoms with Gasteiger partial charge in [0.2, 0.25) is 0 Å². The highest BCUT2D eigenvalue weighted by Crippen LogP contribution is 2.28. The number of aryl methyl sites for hydroxylation is 1. The summed E-state index contributed by atoms with van der Waals surface area (Å²) in [7, 11) is 2.01. The molecular formula is C12H12ClN. The molecule has 0 saturated heterocycles. The summed E-state index contributed by atoms with van der Waals surface area (Å²) in [6.07, 6.45) is 2.03. The minimum absolute atomic E-state index is 0.770. The van der Waals surface area contributed by atoms with Crippen LogP contribution in [0.5, 0.6) is 0 Å². The Balaban J connectivity index is 2.79. The smallest absolute Gasteiger partial charge is 0.0501 e. The van der Waals surface area contributed by atoms with E-state index < -0.39 is 0 Å². The SMILES string of the molecule is C=C(C)c1cc2ccn(C)c2cc1Cl. The van der Waals surface area contributed by atoms with Gasteiger partial charge in [-0.3, -0.25) is 0 Å². The Morgan fingerprint density at radius 1 is 1.43 bits per heavy atom. The Hall–Kier alpha value is -1.21. The summed E-state index contributed by atoms with van der Waals surface area (Å²) in [6, 6.07) is 6.15. The van der Waals surface area contributed by atoms with E-state index in [1.54, 1.807) is 0 Å². The number of hydrogen-bond donors (Lipinski definition) is 0. The van der Waals surface area contributed by atoms with Crippen molar-refractivity contribution >= 4 is 28.1 Å². The van der Waals surface area contributed by atoms with Gasteiger partial charge in [-0.15, -0.1) is 0 Å². The van der Waals surface area contributed by atoms with Gasteiger partial charge >= 0.3 is 0 Å². The van der Waals surface area contributed by atoms with Crippen LogP contribution in [0.1, 0.15) is 12.5 Å². The van der Waals surface area contributed by atoms with Gasteiger partial charge in [-0.2, -0.15) is 0 Å². The van der Waals surface area contributed by atoms with Crippen LogP contribution in [0.2, 0.25) is 5.02 Å². The van der Waals surface area contributed by atoms with Gasteiger partial charge in [0.15, 0.2) is 0 Å². The quantitative estimate of drug-likeness (QED) is 0.666. The Labute approximate surface area is 88.6 Å². The standard InChI is InChI=1S/C12H12ClN/c1-8(2)10-6-9-4-5-14(3)12(9)7-11(10)13/h4-7H,1H2,2-3H3. The van der Waals surface area contributed by atoms with Crippen LogP contribution < -0.4 is 0 Å². The molecule has 14 heavy (non-hydrogen) atoms. The fourth-order valence-electron chi connectivity index (χ4n) is 1.62. The average Bonchev–Trinajstić information content (AvgIpc) is 2.46. The lowest BCUT2D eigenvalue weighted by Gasteiger charge is -2.04. The summed E-state index contributed by atoms with van der Waals surface area (Å²) in [5, 5.41) is 1.97. The van der Waals surface area contributed by atoms with E-state index in [0.29, 0.717) is 0 Å². The summed E-state index contributed by atoms with van der Waals surface area (Å²) in [5.41, 5.74) is 3.19. The van der Waals surface area contributed by atoms with Crippen LogP contribution in [-0.4, -0.2) is 4.57 Å². The van der Waals surface area contributed by atoms with Crippen LogP contribution in [0.4, 0.5) is 0 Å². The predicted molar refractivity (Wildman–Crippen MR) is 62.6 cm³/mol. The minimum atomic E-state index is 0.770. The number of aromatic nitrogens is 1. The fraction of sp³-hybridized carbons (Fsp3) is 0.167. The number of benzene rings is 1. The average molecular weight is 206 g/mol. The van der Waals surface area contributed by atoms with Crippen molar-refractivity contribution < 1.29 is 0 Å². The lowest BCUT2D eigenvalue weighted by atomic mass is 10.1. The Morgan fingerprint density at radius 2 is 2.14 bits per heavy atom. The van der Waals surface area contributed by atoms with Crippen molar-refractivity contribution in [3.8, 4) is 0 Å². The van der Waals surface area contributed by atoms with Crippen molar-refractivity contribution in [1.29, 1.82) is 0 Å². The first kappa shape index (κ1) is 9.35. The maximum atomic E-state index is 6.15. The van der Waals surface area contributed by atoms with Crippen LogP contribution in [0, 0.1) is 0 Å². The molecule has 1 aromatic heterocycles. The summed E-state index contributed by atoms with van der Waals surface area (Å²) in [4.78, 5) is 0. The summed E-state index contributed by atoms with van der Waals surface area (Å²) >= 11 is 6.15. The molecule has 0 radical (unpaired) electrons. The van der Waals surface area contributed by atoms with E-state index in [9.17, 15) is 0 Å². The normalized spacial score (nSPS) is 10.8. The molecular weight excluding hydrogens is 194 g/mol. The van der Waals surface area contributed by atoms with Gasteiger partial charge in [-0.05, 0) is 36.3 Å². The van der Waals surface area contributed by atoms with E-state index in [0.717, 1.165) is 21.7 Å². The highest BCUT2D eigenvalue weighted by molar-refractivity contribution is 6.33. The summed E-state index contributed by atoms with van der Waals surface area (Å²) in [6.45, 7) is 5.88. The molecule has 2 rings (SSSR count). The second-order valence-corrected chi connectivity index (χ2v) is 4.01. The van der Waals surface area contributed by atoms with Gasteiger partial charge in [0.05, 0.1) is 5.02 Å². The summed E-state index contributed by atoms with van der Waals surface area (Å²) < 4.78 is 2.06. The highest BCUT2D eigenvalue weighted by atomic mass is 35.5. The molecule has 0 aliphatic rings. The van der Waals surface area contributed by atoms with Gasteiger partial charge in [0, 0.05) is 24.1 Å². The Bertz CT molecular complexity index is 508. The van der Waals surface area contributed by atoms with Gasteiger partial charge in [-0.25, -0.2) is 0 Å². The third kappa shape index (κ3) is 1.34. The first-order valence-electron chi connectivity index (χ1n) is 4.50. The van der Waals surface area contributed by atoms with Crippen LogP contribution in [-0.2, 0) is 7.05 Å². The van der Waals surface area contributed by atoms with E-state index in [4.69, 9.17) is 11.6 Å². The third-order valence-corrected chi connectivity index (χ3v) is 2.75. The molecule has 2 heteroatoms. The number of fused-ring (bicyclic) bond motifs is 1. The number of hydrogen-bond acceptors (Lipinski definition) is 0. The molecule has 0 bridgehead atoms. The zero-order valence-corrected chi connectivity index (χ0v) is 9.10. The maximum Gasteiger partial charge on any atom is 0.0501 e. The van der Waals surface area contributed by atoms with Crippen LogP contribution in [0.3, 0.4) is 0 Å². The zero-order chi connectivity index (χ0) is 10.3. The Kier molecular flexibility index (Phi) is 2.12.